The number of amides is 1. The molecule has 5 heteroatoms. The van der Waals surface area contributed by atoms with Crippen LogP contribution in [0, 0.1) is 0 Å². The highest BCUT2D eigenvalue weighted by molar-refractivity contribution is 5.93. The molecule has 2 rings (SSSR count). The highest BCUT2D eigenvalue weighted by Gasteiger charge is 2.13. The van der Waals surface area contributed by atoms with E-state index in [0.717, 1.165) is 5.69 Å². The van der Waals surface area contributed by atoms with E-state index >= 15 is 0 Å². The van der Waals surface area contributed by atoms with Gasteiger partial charge in [0.15, 0.2) is 0 Å². The first-order valence-corrected chi connectivity index (χ1v) is 6.89. The monoisotopic (exact) mass is 285 g/mol. The molecule has 2 aromatic rings. The number of rotatable bonds is 6. The van der Waals surface area contributed by atoms with E-state index in [-0.39, 0.29) is 5.91 Å². The zero-order valence-electron chi connectivity index (χ0n) is 12.0. The Balaban J connectivity index is 1.89. The molecule has 1 aromatic heterocycles. The number of carbonyl (C=O) groups is 1. The molecular formula is C16H19N3O2. The van der Waals surface area contributed by atoms with Gasteiger partial charge in [-0.1, -0.05) is 6.07 Å². The van der Waals surface area contributed by atoms with Crippen molar-refractivity contribution in [3.8, 4) is 5.75 Å². The van der Waals surface area contributed by atoms with Gasteiger partial charge in [0.25, 0.3) is 0 Å². The standard InChI is InChI=1S/C16H19N3O2/c1-2-19(14-6-9-18-10-7-14)16(20)8-11-21-15-5-3-4-13(17)12-15/h3-7,9-10,12H,2,8,11,17H2,1H3. The van der Waals surface area contributed by atoms with Crippen LogP contribution in [0.1, 0.15) is 13.3 Å². The summed E-state index contributed by atoms with van der Waals surface area (Å²) in [5, 5.41) is 0. The van der Waals surface area contributed by atoms with Crippen molar-refractivity contribution in [3.63, 3.8) is 0 Å². The van der Waals surface area contributed by atoms with Crippen LogP contribution in [0.3, 0.4) is 0 Å². The molecule has 0 aliphatic carbocycles. The van der Waals surface area contributed by atoms with Gasteiger partial charge >= 0.3 is 0 Å². The highest BCUT2D eigenvalue weighted by Crippen LogP contribution is 2.16. The minimum atomic E-state index is 0.0209. The van der Waals surface area contributed by atoms with Gasteiger partial charge in [0.1, 0.15) is 5.75 Å². The van der Waals surface area contributed by atoms with Crippen molar-refractivity contribution < 1.29 is 9.53 Å². The summed E-state index contributed by atoms with van der Waals surface area (Å²) in [5.74, 6) is 0.697. The fraction of sp³-hybridized carbons (Fsp3) is 0.250. The average molecular weight is 285 g/mol. The van der Waals surface area contributed by atoms with Crippen LogP contribution in [0.2, 0.25) is 0 Å². The van der Waals surface area contributed by atoms with Gasteiger partial charge in [-0.15, -0.1) is 0 Å². The quantitative estimate of drug-likeness (QED) is 0.828. The summed E-state index contributed by atoms with van der Waals surface area (Å²) in [6.45, 7) is 2.88. The van der Waals surface area contributed by atoms with Gasteiger partial charge in [0.2, 0.25) is 5.91 Å². The maximum absolute atomic E-state index is 12.2. The third-order valence-corrected chi connectivity index (χ3v) is 3.03. The Morgan fingerprint density at radius 1 is 1.29 bits per heavy atom. The number of nitrogen functional groups attached to an aromatic ring is 1. The normalized spacial score (nSPS) is 10.1. The van der Waals surface area contributed by atoms with Crippen LogP contribution in [0.25, 0.3) is 0 Å². The van der Waals surface area contributed by atoms with E-state index in [4.69, 9.17) is 10.5 Å². The van der Waals surface area contributed by atoms with Gasteiger partial charge < -0.3 is 15.4 Å². The minimum Gasteiger partial charge on any atom is -0.493 e. The lowest BCUT2D eigenvalue weighted by molar-refractivity contribution is -0.119. The van der Waals surface area contributed by atoms with Crippen molar-refractivity contribution in [1.29, 1.82) is 0 Å². The Kier molecular flexibility index (Phi) is 5.15. The number of carbonyl (C=O) groups excluding carboxylic acids is 1. The first-order chi connectivity index (χ1) is 10.2. The highest BCUT2D eigenvalue weighted by atomic mass is 16.5. The molecule has 21 heavy (non-hydrogen) atoms. The van der Waals surface area contributed by atoms with E-state index in [1.54, 1.807) is 29.4 Å². The molecule has 110 valence electrons. The van der Waals surface area contributed by atoms with Crippen LogP contribution >= 0.6 is 0 Å². The molecule has 0 saturated heterocycles. The van der Waals surface area contributed by atoms with Crippen molar-refractivity contribution >= 4 is 17.3 Å². The topological polar surface area (TPSA) is 68.5 Å². The molecule has 0 saturated carbocycles. The number of hydrogen-bond donors (Lipinski definition) is 1. The van der Waals surface area contributed by atoms with E-state index < -0.39 is 0 Å². The Hall–Kier alpha value is -2.56. The molecule has 1 heterocycles. The summed E-state index contributed by atoms with van der Waals surface area (Å²) >= 11 is 0. The number of nitrogens with zero attached hydrogens (tertiary/aromatic N) is 2. The summed E-state index contributed by atoms with van der Waals surface area (Å²) in [6, 6.07) is 10.8. The fourth-order valence-corrected chi connectivity index (χ4v) is 2.02. The lowest BCUT2D eigenvalue weighted by Gasteiger charge is -2.20. The number of benzene rings is 1. The van der Waals surface area contributed by atoms with E-state index in [9.17, 15) is 4.79 Å². The smallest absolute Gasteiger partial charge is 0.230 e. The van der Waals surface area contributed by atoms with Gasteiger partial charge in [-0.2, -0.15) is 0 Å². The molecule has 0 aliphatic heterocycles. The number of pyridine rings is 1. The molecule has 0 aliphatic rings. The second kappa shape index (κ2) is 7.28. The van der Waals surface area contributed by atoms with Gasteiger partial charge in [-0.05, 0) is 31.2 Å². The third-order valence-electron chi connectivity index (χ3n) is 3.03. The Morgan fingerprint density at radius 2 is 2.05 bits per heavy atom. The summed E-state index contributed by atoms with van der Waals surface area (Å²) in [5.41, 5.74) is 7.17. The lowest BCUT2D eigenvalue weighted by atomic mass is 10.3. The van der Waals surface area contributed by atoms with Gasteiger partial charge in [0, 0.05) is 36.4 Å². The Labute approximate surface area is 124 Å². The number of ether oxygens (including phenoxy) is 1. The zero-order chi connectivity index (χ0) is 15.1. The number of nitrogens with two attached hydrogens (primary N) is 1. The van der Waals surface area contributed by atoms with Crippen LogP contribution in [-0.4, -0.2) is 24.0 Å². The molecule has 0 bridgehead atoms. The van der Waals surface area contributed by atoms with Crippen LogP contribution in [0.4, 0.5) is 11.4 Å². The van der Waals surface area contributed by atoms with E-state index in [1.807, 2.05) is 31.2 Å². The first-order valence-electron chi connectivity index (χ1n) is 6.89. The molecule has 1 aromatic carbocycles. The van der Waals surface area contributed by atoms with Crippen LogP contribution < -0.4 is 15.4 Å². The predicted molar refractivity (Wildman–Crippen MR) is 83.2 cm³/mol. The van der Waals surface area contributed by atoms with E-state index in [0.29, 0.717) is 31.0 Å². The number of anilines is 2. The maximum Gasteiger partial charge on any atom is 0.230 e. The Morgan fingerprint density at radius 3 is 2.71 bits per heavy atom. The summed E-state index contributed by atoms with van der Waals surface area (Å²) in [7, 11) is 0. The van der Waals surface area contributed by atoms with Gasteiger partial charge in [0.05, 0.1) is 13.0 Å². The van der Waals surface area contributed by atoms with E-state index in [1.165, 1.54) is 0 Å². The molecule has 1 amide bonds. The summed E-state index contributed by atoms with van der Waals surface area (Å²) in [6.07, 6.45) is 3.66. The van der Waals surface area contributed by atoms with Crippen LogP contribution in [0.5, 0.6) is 5.75 Å². The summed E-state index contributed by atoms with van der Waals surface area (Å²) in [4.78, 5) is 17.9. The van der Waals surface area contributed by atoms with Crippen molar-refractivity contribution in [2.45, 2.75) is 13.3 Å². The minimum absolute atomic E-state index is 0.0209. The fourth-order valence-electron chi connectivity index (χ4n) is 2.02. The average Bonchev–Trinajstić information content (AvgIpc) is 2.49. The molecule has 0 spiro atoms. The van der Waals surface area contributed by atoms with Crippen molar-refractivity contribution in [2.24, 2.45) is 0 Å². The van der Waals surface area contributed by atoms with Gasteiger partial charge in [-0.25, -0.2) is 0 Å². The predicted octanol–water partition coefficient (Wildman–Crippen LogP) is 2.49. The third kappa shape index (κ3) is 4.21. The van der Waals surface area contributed by atoms with Crippen molar-refractivity contribution in [3.05, 3.63) is 48.8 Å². The molecule has 0 radical (unpaired) electrons. The first kappa shape index (κ1) is 14.8. The summed E-state index contributed by atoms with van der Waals surface area (Å²) < 4.78 is 5.55. The second-order valence-electron chi connectivity index (χ2n) is 4.51. The van der Waals surface area contributed by atoms with Gasteiger partial charge in [-0.3, -0.25) is 9.78 Å². The molecule has 0 atom stereocenters. The molecule has 0 unspecified atom stereocenters. The molecule has 0 fully saturated rings. The number of hydrogen-bond acceptors (Lipinski definition) is 4. The van der Waals surface area contributed by atoms with Crippen LogP contribution in [0.15, 0.2) is 48.8 Å². The zero-order valence-corrected chi connectivity index (χ0v) is 12.0. The molecule has 2 N–H and O–H groups in total. The Bertz CT molecular complexity index is 587. The molecule has 5 nitrogen and oxygen atoms in total. The molecular weight excluding hydrogens is 266 g/mol. The lowest BCUT2D eigenvalue weighted by Crippen LogP contribution is -2.31. The van der Waals surface area contributed by atoms with Crippen molar-refractivity contribution in [2.75, 3.05) is 23.8 Å². The number of aromatic nitrogens is 1. The van der Waals surface area contributed by atoms with E-state index in [2.05, 4.69) is 4.98 Å². The second-order valence-corrected chi connectivity index (χ2v) is 4.51. The SMILES string of the molecule is CCN(C(=O)CCOc1cccc(N)c1)c1ccncc1. The van der Waals surface area contributed by atoms with Crippen molar-refractivity contribution in [1.82, 2.24) is 4.98 Å². The maximum atomic E-state index is 12.2. The largest absolute Gasteiger partial charge is 0.493 e. The van der Waals surface area contributed by atoms with Crippen LogP contribution in [-0.2, 0) is 4.79 Å².